The van der Waals surface area contributed by atoms with Gasteiger partial charge in [-0.2, -0.15) is 0 Å². The van der Waals surface area contributed by atoms with Crippen molar-refractivity contribution >= 4 is 23.6 Å². The molecule has 0 aromatic heterocycles. The molecule has 7 nitrogen and oxygen atoms in total. The van der Waals surface area contributed by atoms with E-state index < -0.39 is 5.54 Å². The molecule has 2 heterocycles. The fourth-order valence-electron chi connectivity index (χ4n) is 3.12. The lowest BCUT2D eigenvalue weighted by Crippen LogP contribution is -2.63. The van der Waals surface area contributed by atoms with Crippen LogP contribution in [0.15, 0.2) is 24.3 Å². The largest absolute Gasteiger partial charge is 0.352 e. The number of nitrogens with one attached hydrogen (secondary N) is 1. The van der Waals surface area contributed by atoms with Crippen molar-refractivity contribution in [3.05, 3.63) is 35.4 Å². The topological polar surface area (TPSA) is 86.8 Å². The summed E-state index contributed by atoms with van der Waals surface area (Å²) in [5.74, 6) is -1.20. The molecule has 0 radical (unpaired) electrons. The van der Waals surface area contributed by atoms with Gasteiger partial charge >= 0.3 is 0 Å². The maximum Gasteiger partial charge on any atom is 0.261 e. The number of rotatable bonds is 3. The van der Waals surface area contributed by atoms with E-state index in [-0.39, 0.29) is 36.6 Å². The molecule has 0 spiro atoms. The van der Waals surface area contributed by atoms with Crippen molar-refractivity contribution in [2.75, 3.05) is 19.6 Å². The maximum absolute atomic E-state index is 12.5. The van der Waals surface area contributed by atoms with E-state index in [0.717, 1.165) is 4.90 Å². The molecule has 126 valence electrons. The maximum atomic E-state index is 12.5. The number of fused-ring (bicyclic) bond motifs is 1. The second kappa shape index (κ2) is 5.74. The zero-order chi connectivity index (χ0) is 17.5. The quantitative estimate of drug-likeness (QED) is 0.814. The van der Waals surface area contributed by atoms with Crippen molar-refractivity contribution in [1.82, 2.24) is 15.1 Å². The van der Waals surface area contributed by atoms with Crippen LogP contribution in [0.2, 0.25) is 0 Å². The number of hydrogen-bond donors (Lipinski definition) is 1. The van der Waals surface area contributed by atoms with E-state index in [9.17, 15) is 19.2 Å². The third-order valence-electron chi connectivity index (χ3n) is 4.58. The van der Waals surface area contributed by atoms with Crippen LogP contribution in [0.4, 0.5) is 0 Å². The van der Waals surface area contributed by atoms with Gasteiger partial charge in [0.2, 0.25) is 11.8 Å². The first-order valence-corrected chi connectivity index (χ1v) is 7.88. The molecule has 1 saturated heterocycles. The molecule has 24 heavy (non-hydrogen) atoms. The average Bonchev–Trinajstić information content (AvgIpc) is 2.79. The van der Waals surface area contributed by atoms with E-state index in [1.165, 1.54) is 4.90 Å². The van der Waals surface area contributed by atoms with Gasteiger partial charge in [-0.3, -0.25) is 24.1 Å². The highest BCUT2D eigenvalue weighted by molar-refractivity contribution is 6.21. The van der Waals surface area contributed by atoms with Crippen LogP contribution in [0.25, 0.3) is 0 Å². The zero-order valence-electron chi connectivity index (χ0n) is 13.7. The van der Waals surface area contributed by atoms with Crippen molar-refractivity contribution in [2.24, 2.45) is 0 Å². The summed E-state index contributed by atoms with van der Waals surface area (Å²) >= 11 is 0. The molecule has 1 N–H and O–H groups in total. The van der Waals surface area contributed by atoms with Crippen LogP contribution in [0, 0.1) is 0 Å². The van der Waals surface area contributed by atoms with Crippen LogP contribution in [0.1, 0.15) is 41.0 Å². The number of carbonyl (C=O) groups excluding carboxylic acids is 4. The lowest BCUT2D eigenvalue weighted by atomic mass is 9.98. The van der Waals surface area contributed by atoms with Crippen LogP contribution in [0.3, 0.4) is 0 Å². The Bertz CT molecular complexity index is 706. The van der Waals surface area contributed by atoms with Gasteiger partial charge in [0.1, 0.15) is 5.54 Å². The van der Waals surface area contributed by atoms with Gasteiger partial charge < -0.3 is 10.2 Å². The molecule has 3 rings (SSSR count). The number of hydrogen-bond acceptors (Lipinski definition) is 4. The number of imide groups is 1. The van der Waals surface area contributed by atoms with Gasteiger partial charge in [0, 0.05) is 26.1 Å². The highest BCUT2D eigenvalue weighted by Gasteiger charge is 2.41. The van der Waals surface area contributed by atoms with Crippen molar-refractivity contribution in [1.29, 1.82) is 0 Å². The molecular formula is C17H19N3O4. The minimum absolute atomic E-state index is 0.00216. The van der Waals surface area contributed by atoms with Gasteiger partial charge in [-0.1, -0.05) is 12.1 Å². The smallest absolute Gasteiger partial charge is 0.261 e. The fraction of sp³-hybridized carbons (Fsp3) is 0.412. The third kappa shape index (κ3) is 2.46. The second-order valence-electron chi connectivity index (χ2n) is 6.42. The summed E-state index contributed by atoms with van der Waals surface area (Å²) in [5.41, 5.74) is -0.197. The molecule has 0 bridgehead atoms. The molecule has 0 unspecified atom stereocenters. The van der Waals surface area contributed by atoms with E-state index >= 15 is 0 Å². The molecule has 1 aromatic carbocycles. The molecule has 2 aliphatic heterocycles. The summed E-state index contributed by atoms with van der Waals surface area (Å²) in [5, 5.41) is 2.73. The van der Waals surface area contributed by atoms with Crippen LogP contribution in [0.5, 0.6) is 0 Å². The SMILES string of the molecule is CC1(C)C(=O)NCCN1C(=O)CCN1C(=O)c2ccccc2C1=O. The first kappa shape index (κ1) is 16.2. The molecule has 7 heteroatoms. The average molecular weight is 329 g/mol. The first-order valence-electron chi connectivity index (χ1n) is 7.88. The van der Waals surface area contributed by atoms with E-state index in [1.807, 2.05) is 0 Å². The van der Waals surface area contributed by atoms with E-state index in [1.54, 1.807) is 38.1 Å². The predicted molar refractivity (Wildman–Crippen MR) is 85.2 cm³/mol. The third-order valence-corrected chi connectivity index (χ3v) is 4.58. The van der Waals surface area contributed by atoms with Gasteiger partial charge in [0.25, 0.3) is 11.8 Å². The first-order chi connectivity index (χ1) is 11.3. The van der Waals surface area contributed by atoms with Gasteiger partial charge in [0.15, 0.2) is 0 Å². The van der Waals surface area contributed by atoms with Gasteiger partial charge in [-0.05, 0) is 26.0 Å². The Morgan fingerprint density at radius 1 is 1.12 bits per heavy atom. The second-order valence-corrected chi connectivity index (χ2v) is 6.42. The van der Waals surface area contributed by atoms with Crippen LogP contribution < -0.4 is 5.32 Å². The van der Waals surface area contributed by atoms with Gasteiger partial charge in [0.05, 0.1) is 11.1 Å². The number of carbonyl (C=O) groups is 4. The Morgan fingerprint density at radius 3 is 2.29 bits per heavy atom. The summed E-state index contributed by atoms with van der Waals surface area (Å²) in [6.07, 6.45) is 0.00216. The Morgan fingerprint density at radius 2 is 1.71 bits per heavy atom. The number of benzene rings is 1. The van der Waals surface area contributed by atoms with Gasteiger partial charge in [-0.15, -0.1) is 0 Å². The van der Waals surface area contributed by atoms with Crippen molar-refractivity contribution < 1.29 is 19.2 Å². The predicted octanol–water partition coefficient (Wildman–Crippen LogP) is 0.410. The Balaban J connectivity index is 1.69. The summed E-state index contributed by atoms with van der Waals surface area (Å²) < 4.78 is 0. The molecule has 0 atom stereocenters. The minimum atomic E-state index is -0.933. The van der Waals surface area contributed by atoms with Crippen molar-refractivity contribution in [3.63, 3.8) is 0 Å². The molecule has 0 aliphatic carbocycles. The molecule has 2 aliphatic rings. The lowest BCUT2D eigenvalue weighted by molar-refractivity contribution is -0.149. The number of amides is 4. The monoisotopic (exact) mass is 329 g/mol. The lowest BCUT2D eigenvalue weighted by Gasteiger charge is -2.41. The summed E-state index contributed by atoms with van der Waals surface area (Å²) in [7, 11) is 0. The Labute approximate surface area is 139 Å². The van der Waals surface area contributed by atoms with Gasteiger partial charge in [-0.25, -0.2) is 0 Å². The van der Waals surface area contributed by atoms with Crippen molar-refractivity contribution in [3.8, 4) is 0 Å². The molecular weight excluding hydrogens is 310 g/mol. The van der Waals surface area contributed by atoms with E-state index in [4.69, 9.17) is 0 Å². The van der Waals surface area contributed by atoms with Crippen LogP contribution >= 0.6 is 0 Å². The normalized spacial score (nSPS) is 19.3. The highest BCUT2D eigenvalue weighted by Crippen LogP contribution is 2.23. The Kier molecular flexibility index (Phi) is 3.87. The summed E-state index contributed by atoms with van der Waals surface area (Å²) in [6.45, 7) is 4.20. The highest BCUT2D eigenvalue weighted by atomic mass is 16.2. The standard InChI is InChI=1S/C17H19N3O4/c1-17(2)16(24)18-8-10-20(17)13(21)7-9-19-14(22)11-5-3-4-6-12(11)15(19)23/h3-6H,7-10H2,1-2H3,(H,18,24). The van der Waals surface area contributed by atoms with Crippen LogP contribution in [-0.2, 0) is 9.59 Å². The molecule has 1 fully saturated rings. The zero-order valence-corrected chi connectivity index (χ0v) is 13.7. The molecule has 1 aromatic rings. The van der Waals surface area contributed by atoms with Crippen molar-refractivity contribution in [2.45, 2.75) is 25.8 Å². The molecule has 0 saturated carbocycles. The minimum Gasteiger partial charge on any atom is -0.352 e. The van der Waals surface area contributed by atoms with E-state index in [2.05, 4.69) is 5.32 Å². The number of piperazine rings is 1. The summed E-state index contributed by atoms with van der Waals surface area (Å²) in [4.78, 5) is 51.6. The fourth-order valence-corrected chi connectivity index (χ4v) is 3.12. The van der Waals surface area contributed by atoms with Crippen LogP contribution in [-0.4, -0.2) is 58.6 Å². The Hall–Kier alpha value is -2.70. The molecule has 4 amide bonds. The number of nitrogens with zero attached hydrogens (tertiary/aromatic N) is 2. The van der Waals surface area contributed by atoms with E-state index in [0.29, 0.717) is 24.2 Å². The summed E-state index contributed by atoms with van der Waals surface area (Å²) in [6, 6.07) is 6.62.